The first kappa shape index (κ1) is 10.6. The second-order valence-electron chi connectivity index (χ2n) is 3.64. The summed E-state index contributed by atoms with van der Waals surface area (Å²) in [7, 11) is 0. The van der Waals surface area contributed by atoms with E-state index in [1.807, 2.05) is 0 Å². The van der Waals surface area contributed by atoms with Crippen molar-refractivity contribution in [1.29, 1.82) is 0 Å². The van der Waals surface area contributed by atoms with E-state index in [1.54, 1.807) is 12.4 Å². The molecule has 17 heavy (non-hydrogen) atoms. The molecule has 0 atom stereocenters. The molecular weight excluding hydrogens is 242 g/mol. The number of rotatable bonds is 1. The van der Waals surface area contributed by atoms with Gasteiger partial charge in [-0.1, -0.05) is 0 Å². The largest absolute Gasteiger partial charge is 0.378 e. The minimum Gasteiger partial charge on any atom is -0.378 e. The number of hydrogen-bond donors (Lipinski definition) is 0. The van der Waals surface area contributed by atoms with Crippen molar-refractivity contribution in [2.45, 2.75) is 0 Å². The summed E-state index contributed by atoms with van der Waals surface area (Å²) >= 11 is 5.90. The Morgan fingerprint density at radius 1 is 1.12 bits per heavy atom. The highest BCUT2D eigenvalue weighted by Crippen LogP contribution is 2.22. The van der Waals surface area contributed by atoms with Crippen molar-refractivity contribution in [3.63, 3.8) is 0 Å². The van der Waals surface area contributed by atoms with E-state index in [1.165, 1.54) is 0 Å². The zero-order chi connectivity index (χ0) is 11.7. The van der Waals surface area contributed by atoms with Crippen LogP contribution in [0.3, 0.4) is 0 Å². The summed E-state index contributed by atoms with van der Waals surface area (Å²) in [5, 5.41) is 0.194. The van der Waals surface area contributed by atoms with Crippen LogP contribution in [-0.4, -0.2) is 46.2 Å². The van der Waals surface area contributed by atoms with Gasteiger partial charge < -0.3 is 9.64 Å². The molecule has 3 rings (SSSR count). The van der Waals surface area contributed by atoms with E-state index >= 15 is 0 Å². The molecule has 0 aliphatic carbocycles. The highest BCUT2D eigenvalue weighted by Gasteiger charge is 2.18. The normalized spacial score (nSPS) is 16.4. The molecule has 0 unspecified atom stereocenters. The van der Waals surface area contributed by atoms with E-state index in [4.69, 9.17) is 16.3 Å². The summed E-state index contributed by atoms with van der Waals surface area (Å²) < 4.78 is 5.31. The first-order valence-corrected chi connectivity index (χ1v) is 5.69. The molecule has 2 aromatic heterocycles. The number of aromatic nitrogens is 4. The molecule has 0 spiro atoms. The molecule has 2 aromatic rings. The van der Waals surface area contributed by atoms with Crippen LogP contribution in [-0.2, 0) is 4.74 Å². The van der Waals surface area contributed by atoms with Crippen LogP contribution in [0.4, 0.5) is 5.82 Å². The minimum atomic E-state index is 0.194. The Morgan fingerprint density at radius 3 is 2.71 bits per heavy atom. The number of anilines is 1. The van der Waals surface area contributed by atoms with Crippen LogP contribution in [0.1, 0.15) is 0 Å². The summed E-state index contributed by atoms with van der Waals surface area (Å²) in [4.78, 5) is 18.8. The molecule has 1 aliphatic rings. The number of fused-ring (bicyclic) bond motifs is 1. The molecule has 1 saturated heterocycles. The lowest BCUT2D eigenvalue weighted by atomic mass is 10.3. The lowest BCUT2D eigenvalue weighted by Gasteiger charge is -2.27. The maximum Gasteiger partial charge on any atom is 0.226 e. The van der Waals surface area contributed by atoms with Gasteiger partial charge in [0.25, 0.3) is 0 Å². The number of morpholine rings is 1. The molecule has 0 amide bonds. The Hall–Kier alpha value is -1.53. The zero-order valence-electron chi connectivity index (χ0n) is 9.01. The first-order valence-electron chi connectivity index (χ1n) is 5.31. The fourth-order valence-corrected chi connectivity index (χ4v) is 1.98. The van der Waals surface area contributed by atoms with Gasteiger partial charge in [0.15, 0.2) is 17.0 Å². The van der Waals surface area contributed by atoms with Gasteiger partial charge in [0.1, 0.15) is 0 Å². The highest BCUT2D eigenvalue weighted by molar-refractivity contribution is 6.28. The minimum absolute atomic E-state index is 0.194. The van der Waals surface area contributed by atoms with Gasteiger partial charge in [0, 0.05) is 25.5 Å². The molecule has 0 radical (unpaired) electrons. The van der Waals surface area contributed by atoms with E-state index in [0.29, 0.717) is 24.4 Å². The van der Waals surface area contributed by atoms with Crippen molar-refractivity contribution in [3.8, 4) is 0 Å². The van der Waals surface area contributed by atoms with Crippen LogP contribution in [0.2, 0.25) is 5.28 Å². The van der Waals surface area contributed by atoms with Crippen LogP contribution in [0.5, 0.6) is 0 Å². The standard InChI is InChI=1S/C10H10ClN5O/c11-10-14-8-7(12-1-2-13-8)9(15-10)16-3-5-17-6-4-16/h1-2H,3-6H2. The smallest absolute Gasteiger partial charge is 0.226 e. The van der Waals surface area contributed by atoms with Crippen LogP contribution in [0.15, 0.2) is 12.4 Å². The molecule has 0 bridgehead atoms. The van der Waals surface area contributed by atoms with Gasteiger partial charge in [-0.2, -0.15) is 9.97 Å². The van der Waals surface area contributed by atoms with Crippen molar-refractivity contribution in [3.05, 3.63) is 17.7 Å². The topological polar surface area (TPSA) is 64.0 Å². The van der Waals surface area contributed by atoms with E-state index < -0.39 is 0 Å². The third kappa shape index (κ3) is 2.01. The number of halogens is 1. The van der Waals surface area contributed by atoms with E-state index in [2.05, 4.69) is 24.8 Å². The molecule has 88 valence electrons. The van der Waals surface area contributed by atoms with Crippen molar-refractivity contribution >= 4 is 28.6 Å². The molecule has 7 heteroatoms. The van der Waals surface area contributed by atoms with Gasteiger partial charge >= 0.3 is 0 Å². The van der Waals surface area contributed by atoms with Crippen molar-refractivity contribution in [1.82, 2.24) is 19.9 Å². The molecule has 3 heterocycles. The molecule has 0 N–H and O–H groups in total. The average molecular weight is 252 g/mol. The van der Waals surface area contributed by atoms with Crippen molar-refractivity contribution in [2.75, 3.05) is 31.2 Å². The monoisotopic (exact) mass is 251 g/mol. The van der Waals surface area contributed by atoms with Gasteiger partial charge in [-0.3, -0.25) is 0 Å². The Bertz CT molecular complexity index is 543. The molecular formula is C10H10ClN5O. The summed E-state index contributed by atoms with van der Waals surface area (Å²) in [6.45, 7) is 2.92. The quantitative estimate of drug-likeness (QED) is 0.702. The highest BCUT2D eigenvalue weighted by atomic mass is 35.5. The number of nitrogens with zero attached hydrogens (tertiary/aromatic N) is 5. The predicted octanol–water partition coefficient (Wildman–Crippen LogP) is 0.910. The third-order valence-electron chi connectivity index (χ3n) is 2.60. The average Bonchev–Trinajstić information content (AvgIpc) is 2.39. The van der Waals surface area contributed by atoms with E-state index in [9.17, 15) is 0 Å². The number of ether oxygens (including phenoxy) is 1. The van der Waals surface area contributed by atoms with Crippen molar-refractivity contribution < 1.29 is 4.74 Å². The zero-order valence-corrected chi connectivity index (χ0v) is 9.76. The van der Waals surface area contributed by atoms with E-state index in [0.717, 1.165) is 18.9 Å². The maximum absolute atomic E-state index is 5.90. The maximum atomic E-state index is 5.90. The molecule has 0 saturated carbocycles. The third-order valence-corrected chi connectivity index (χ3v) is 2.77. The molecule has 0 aromatic carbocycles. The predicted molar refractivity (Wildman–Crippen MR) is 63.2 cm³/mol. The summed E-state index contributed by atoms with van der Waals surface area (Å²) in [5.74, 6) is 0.733. The summed E-state index contributed by atoms with van der Waals surface area (Å²) in [5.41, 5.74) is 1.20. The van der Waals surface area contributed by atoms with E-state index in [-0.39, 0.29) is 5.28 Å². The Labute approximate surface area is 103 Å². The summed E-state index contributed by atoms with van der Waals surface area (Å²) in [6.07, 6.45) is 3.22. The van der Waals surface area contributed by atoms with Gasteiger partial charge in [0.2, 0.25) is 5.28 Å². The van der Waals surface area contributed by atoms with Crippen LogP contribution < -0.4 is 4.90 Å². The van der Waals surface area contributed by atoms with Crippen LogP contribution >= 0.6 is 11.6 Å². The number of hydrogen-bond acceptors (Lipinski definition) is 6. The van der Waals surface area contributed by atoms with Crippen LogP contribution in [0.25, 0.3) is 11.2 Å². The lowest BCUT2D eigenvalue weighted by Crippen LogP contribution is -2.37. The lowest BCUT2D eigenvalue weighted by molar-refractivity contribution is 0.122. The van der Waals surface area contributed by atoms with Gasteiger partial charge in [-0.25, -0.2) is 9.97 Å². The first-order chi connectivity index (χ1) is 8.34. The fraction of sp³-hybridized carbons (Fsp3) is 0.400. The van der Waals surface area contributed by atoms with Crippen LogP contribution in [0, 0.1) is 0 Å². The van der Waals surface area contributed by atoms with Gasteiger partial charge in [-0.15, -0.1) is 0 Å². The fourth-order valence-electron chi connectivity index (χ4n) is 1.82. The second-order valence-corrected chi connectivity index (χ2v) is 3.98. The second kappa shape index (κ2) is 4.38. The Morgan fingerprint density at radius 2 is 1.88 bits per heavy atom. The Balaban J connectivity index is 2.13. The molecule has 1 fully saturated rings. The van der Waals surface area contributed by atoms with Crippen molar-refractivity contribution in [2.24, 2.45) is 0 Å². The SMILES string of the molecule is Clc1nc(N2CCOCC2)c2nccnc2n1. The molecule has 1 aliphatic heterocycles. The van der Waals surface area contributed by atoms with Gasteiger partial charge in [-0.05, 0) is 11.6 Å². The molecule has 6 nitrogen and oxygen atoms in total. The van der Waals surface area contributed by atoms with Gasteiger partial charge in [0.05, 0.1) is 13.2 Å². The summed E-state index contributed by atoms with van der Waals surface area (Å²) in [6, 6.07) is 0. The Kier molecular flexibility index (Phi) is 2.74.